The van der Waals surface area contributed by atoms with Crippen LogP contribution in [0.1, 0.15) is 92.2 Å². The highest BCUT2D eigenvalue weighted by Gasteiger charge is 2.50. The highest BCUT2D eigenvalue weighted by molar-refractivity contribution is 7.90. The molecule has 3 aromatic carbocycles. The van der Waals surface area contributed by atoms with Crippen molar-refractivity contribution in [2.24, 2.45) is 5.41 Å². The summed E-state index contributed by atoms with van der Waals surface area (Å²) in [5.41, 5.74) is 4.39. The van der Waals surface area contributed by atoms with Gasteiger partial charge < -0.3 is 29.4 Å². The number of fused-ring (bicyclic) bond motifs is 4. The standard InChI is InChI=1S/C49H56N8O8S/c1-30(2)39-6-3-4-7-40(39)42-8-5-15-56(42)35-23-49(24-35)12-16-54(17-13-49)33-9-10-41(44(20-33)65-36-18-31-11-14-50-47(31)51-25-36)48(58)53-66(61,62)38-21-43(57(59)60)46-45(22-38)64-28-32(52-46)26-55-27-37-19-34(55)29-63-37/h3-4,6-7,9-11,14,18,20-22,25,30,32,34-35,37,42,52H,5,8,12-13,15-17,19,23-24,26-29H2,1-2H3,(H,50,51)(H,53,58)/t32-,34-,37-,42+/m1/s1. The van der Waals surface area contributed by atoms with E-state index in [2.05, 4.69) is 72.8 Å². The lowest BCUT2D eigenvalue weighted by Crippen LogP contribution is -2.54. The Morgan fingerprint density at radius 3 is 2.65 bits per heavy atom. The molecule has 4 atom stereocenters. The van der Waals surface area contributed by atoms with Crippen LogP contribution in [0.15, 0.2) is 84.0 Å². The third-order valence-electron chi connectivity index (χ3n) is 15.1. The molecule has 5 aliphatic heterocycles. The molecular weight excluding hydrogens is 861 g/mol. The van der Waals surface area contributed by atoms with E-state index < -0.39 is 31.4 Å². The molecule has 5 aromatic rings. The Hall–Kier alpha value is -5.75. The third kappa shape index (κ3) is 8.02. The summed E-state index contributed by atoms with van der Waals surface area (Å²) in [6.45, 7) is 9.63. The average Bonchev–Trinajstić information content (AvgIpc) is 4.14. The van der Waals surface area contributed by atoms with Gasteiger partial charge in [0.2, 0.25) is 0 Å². The van der Waals surface area contributed by atoms with E-state index in [1.54, 1.807) is 30.6 Å². The SMILES string of the molecule is CC(C)c1ccccc1[C@@H]1CCCN1C1CC2(CCN(c3ccc(C(=O)NS(=O)(=O)c4cc5c(c([N+](=O)[O-])c4)N[C@H](CN4C[C@H]6C[C@@H]4CO6)CO5)c(Oc4cnc5[nH]ccc5c4)c3)CC2)C1. The number of aromatic nitrogens is 2. The van der Waals surface area contributed by atoms with Gasteiger partial charge in [-0.1, -0.05) is 38.1 Å². The lowest BCUT2D eigenvalue weighted by atomic mass is 9.59. The zero-order chi connectivity index (χ0) is 45.3. The fourth-order valence-electron chi connectivity index (χ4n) is 11.7. The number of nitro groups is 1. The fraction of sp³-hybridized carbons (Fsp3) is 0.469. The molecule has 2 bridgehead atoms. The highest BCUT2D eigenvalue weighted by atomic mass is 32.2. The molecule has 346 valence electrons. The van der Waals surface area contributed by atoms with Crippen LogP contribution in [0.4, 0.5) is 17.1 Å². The number of anilines is 2. The number of carbonyl (C=O) groups excluding carboxylic acids is 1. The number of morpholine rings is 1. The van der Waals surface area contributed by atoms with Crippen molar-refractivity contribution in [3.05, 3.63) is 106 Å². The number of likely N-dealkylation sites (tertiary alicyclic amines) is 2. The van der Waals surface area contributed by atoms with E-state index in [-0.39, 0.29) is 41.5 Å². The van der Waals surface area contributed by atoms with Crippen LogP contribution < -0.4 is 24.4 Å². The van der Waals surface area contributed by atoms with Gasteiger partial charge in [-0.2, -0.15) is 0 Å². The number of hydrogen-bond acceptors (Lipinski definition) is 13. The van der Waals surface area contributed by atoms with E-state index in [0.29, 0.717) is 54.0 Å². The number of benzene rings is 3. The lowest BCUT2D eigenvalue weighted by molar-refractivity contribution is -0.384. The second-order valence-electron chi connectivity index (χ2n) is 19.6. The maximum absolute atomic E-state index is 14.1. The van der Waals surface area contributed by atoms with Crippen LogP contribution in [0.5, 0.6) is 17.2 Å². The van der Waals surface area contributed by atoms with Crippen LogP contribution in [0.25, 0.3) is 11.0 Å². The molecule has 17 heteroatoms. The highest BCUT2D eigenvalue weighted by Crippen LogP contribution is 2.54. The molecule has 1 aliphatic carbocycles. The largest absolute Gasteiger partial charge is 0.489 e. The van der Waals surface area contributed by atoms with E-state index in [1.807, 2.05) is 12.1 Å². The van der Waals surface area contributed by atoms with Gasteiger partial charge in [0.25, 0.3) is 21.6 Å². The summed E-state index contributed by atoms with van der Waals surface area (Å²) in [7, 11) is -4.64. The predicted molar refractivity (Wildman–Crippen MR) is 249 cm³/mol. The summed E-state index contributed by atoms with van der Waals surface area (Å²) in [5.74, 6) is 0.0749. The summed E-state index contributed by atoms with van der Waals surface area (Å²) >= 11 is 0. The molecule has 0 radical (unpaired) electrons. The molecule has 4 saturated heterocycles. The Labute approximate surface area is 384 Å². The van der Waals surface area contributed by atoms with Crippen molar-refractivity contribution < 1.29 is 32.3 Å². The van der Waals surface area contributed by atoms with Gasteiger partial charge in [-0.05, 0) is 98.2 Å². The Bertz CT molecular complexity index is 2800. The van der Waals surface area contributed by atoms with Crippen molar-refractivity contribution in [1.29, 1.82) is 0 Å². The normalized spacial score (nSPS) is 24.0. The van der Waals surface area contributed by atoms with Crippen LogP contribution in [-0.2, 0) is 14.8 Å². The number of piperidine rings is 1. The van der Waals surface area contributed by atoms with Gasteiger partial charge in [0.1, 0.15) is 23.8 Å². The molecule has 11 rings (SSSR count). The fourth-order valence-corrected chi connectivity index (χ4v) is 12.7. The number of amides is 1. The number of aromatic amines is 1. The zero-order valence-electron chi connectivity index (χ0n) is 37.3. The second-order valence-corrected chi connectivity index (χ2v) is 21.2. The molecule has 16 nitrogen and oxygen atoms in total. The Morgan fingerprint density at radius 1 is 1.05 bits per heavy atom. The quantitative estimate of drug-likeness (QED) is 0.0817. The molecule has 0 unspecified atom stereocenters. The summed E-state index contributed by atoms with van der Waals surface area (Å²) < 4.78 is 48.2. The summed E-state index contributed by atoms with van der Waals surface area (Å²) in [6.07, 6.45) is 11.4. The van der Waals surface area contributed by atoms with E-state index in [1.165, 1.54) is 42.9 Å². The number of pyridine rings is 1. The monoisotopic (exact) mass is 916 g/mol. The van der Waals surface area contributed by atoms with Crippen LogP contribution in [0, 0.1) is 15.5 Å². The van der Waals surface area contributed by atoms with Crippen molar-refractivity contribution in [1.82, 2.24) is 24.5 Å². The molecular formula is C49H56N8O8S. The van der Waals surface area contributed by atoms with Gasteiger partial charge in [-0.15, -0.1) is 0 Å². The first-order chi connectivity index (χ1) is 31.9. The Kier molecular flexibility index (Phi) is 10.9. The van der Waals surface area contributed by atoms with Crippen molar-refractivity contribution >= 4 is 44.0 Å². The van der Waals surface area contributed by atoms with E-state index in [9.17, 15) is 23.3 Å². The molecule has 5 fully saturated rings. The maximum Gasteiger partial charge on any atom is 0.297 e. The van der Waals surface area contributed by atoms with Crippen LogP contribution in [0.2, 0.25) is 0 Å². The zero-order valence-corrected chi connectivity index (χ0v) is 38.1. The lowest BCUT2D eigenvalue weighted by Gasteiger charge is -2.56. The molecule has 66 heavy (non-hydrogen) atoms. The van der Waals surface area contributed by atoms with Gasteiger partial charge >= 0.3 is 0 Å². The van der Waals surface area contributed by atoms with E-state index in [0.717, 1.165) is 62.6 Å². The number of hydrogen-bond donors (Lipinski definition) is 3. The summed E-state index contributed by atoms with van der Waals surface area (Å²) in [4.78, 5) is 40.3. The van der Waals surface area contributed by atoms with Crippen LogP contribution in [-0.4, -0.2) is 109 Å². The average molecular weight is 917 g/mol. The molecule has 6 aliphatic rings. The summed E-state index contributed by atoms with van der Waals surface area (Å²) in [5, 5.41) is 16.4. The smallest absolute Gasteiger partial charge is 0.297 e. The maximum atomic E-state index is 14.1. The molecule has 3 N–H and O–H groups in total. The molecule has 2 aromatic heterocycles. The van der Waals surface area contributed by atoms with Crippen molar-refractivity contribution in [2.75, 3.05) is 56.2 Å². The van der Waals surface area contributed by atoms with Crippen LogP contribution >= 0.6 is 0 Å². The number of nitro benzene ring substituents is 1. The number of ether oxygens (including phenoxy) is 3. The number of carbonyl (C=O) groups is 1. The molecule has 1 saturated carbocycles. The van der Waals surface area contributed by atoms with Gasteiger partial charge in [0, 0.05) is 79.8 Å². The van der Waals surface area contributed by atoms with Crippen LogP contribution in [0.3, 0.4) is 0 Å². The number of nitrogens with zero attached hydrogens (tertiary/aromatic N) is 5. The van der Waals surface area contributed by atoms with E-state index in [4.69, 9.17) is 14.2 Å². The minimum Gasteiger partial charge on any atom is -0.489 e. The number of sulfonamides is 1. The number of rotatable bonds is 12. The molecule has 1 spiro atoms. The minimum atomic E-state index is -4.64. The molecule has 1 amide bonds. The summed E-state index contributed by atoms with van der Waals surface area (Å²) in [6, 6.07) is 21.1. The molecule has 7 heterocycles. The Morgan fingerprint density at radius 2 is 1.88 bits per heavy atom. The first kappa shape index (κ1) is 42.9. The first-order valence-electron chi connectivity index (χ1n) is 23.4. The topological polar surface area (TPSA) is 184 Å². The van der Waals surface area contributed by atoms with Crippen molar-refractivity contribution in [3.8, 4) is 17.2 Å². The van der Waals surface area contributed by atoms with Crippen molar-refractivity contribution in [3.63, 3.8) is 0 Å². The number of nitrogens with one attached hydrogen (secondary N) is 3. The second kappa shape index (κ2) is 16.8. The third-order valence-corrected chi connectivity index (χ3v) is 16.4. The van der Waals surface area contributed by atoms with E-state index >= 15 is 0 Å². The Balaban J connectivity index is 0.799. The van der Waals surface area contributed by atoms with Gasteiger partial charge in [0.15, 0.2) is 11.4 Å². The predicted octanol–water partition coefficient (Wildman–Crippen LogP) is 7.74. The first-order valence-corrected chi connectivity index (χ1v) is 24.9. The van der Waals surface area contributed by atoms with Gasteiger partial charge in [0.05, 0.1) is 40.3 Å². The minimum absolute atomic E-state index is 0.0222. The van der Waals surface area contributed by atoms with Gasteiger partial charge in [-0.25, -0.2) is 18.1 Å². The van der Waals surface area contributed by atoms with Gasteiger partial charge in [-0.3, -0.25) is 24.7 Å². The number of H-pyrrole nitrogens is 1. The van der Waals surface area contributed by atoms with Crippen molar-refractivity contribution in [2.45, 2.75) is 99.9 Å².